The first-order chi connectivity index (χ1) is 10.7. The Labute approximate surface area is 129 Å². The number of rotatable bonds is 5. The van der Waals surface area contributed by atoms with Gasteiger partial charge in [0.05, 0.1) is 12.3 Å². The second-order valence-corrected chi connectivity index (χ2v) is 5.50. The summed E-state index contributed by atoms with van der Waals surface area (Å²) in [5.41, 5.74) is 1.88. The smallest absolute Gasteiger partial charge is 0.248 e. The molecule has 2 aromatic heterocycles. The molecule has 116 valence electrons. The van der Waals surface area contributed by atoms with Gasteiger partial charge >= 0.3 is 0 Å². The first kappa shape index (κ1) is 14.7. The van der Waals surface area contributed by atoms with Crippen molar-refractivity contribution in [3.05, 3.63) is 51.8 Å². The molecule has 0 amide bonds. The Bertz CT molecular complexity index is 693. The Kier molecular flexibility index (Phi) is 4.48. The lowest BCUT2D eigenvalue weighted by atomic mass is 10.0. The first-order valence-corrected chi connectivity index (χ1v) is 7.56. The number of H-pyrrole nitrogens is 1. The summed E-state index contributed by atoms with van der Waals surface area (Å²) in [6.45, 7) is 4.15. The van der Waals surface area contributed by atoms with Gasteiger partial charge in [0.2, 0.25) is 5.56 Å². The molecule has 1 aliphatic rings. The predicted molar refractivity (Wildman–Crippen MR) is 84.2 cm³/mol. The molecule has 1 unspecified atom stereocenters. The van der Waals surface area contributed by atoms with E-state index in [2.05, 4.69) is 20.3 Å². The summed E-state index contributed by atoms with van der Waals surface area (Å²) in [6.07, 6.45) is 1.75. The van der Waals surface area contributed by atoms with Crippen LogP contribution in [0.2, 0.25) is 0 Å². The Balaban J connectivity index is 1.63. The van der Waals surface area contributed by atoms with Crippen LogP contribution in [0.1, 0.15) is 29.6 Å². The van der Waals surface area contributed by atoms with E-state index < -0.39 is 0 Å². The Morgan fingerprint density at radius 3 is 3.09 bits per heavy atom. The van der Waals surface area contributed by atoms with E-state index in [0.29, 0.717) is 12.5 Å². The normalized spacial score (nSPS) is 17.6. The fraction of sp³-hybridized carbons (Fsp3) is 0.438. The van der Waals surface area contributed by atoms with Crippen LogP contribution in [0.5, 0.6) is 0 Å². The average molecular weight is 300 g/mol. The van der Waals surface area contributed by atoms with Crippen LogP contribution in [0.15, 0.2) is 29.1 Å². The molecule has 0 spiro atoms. The zero-order chi connectivity index (χ0) is 15.4. The number of nitrogens with zero attached hydrogens (tertiary/aromatic N) is 2. The van der Waals surface area contributed by atoms with E-state index in [1.54, 1.807) is 6.07 Å². The number of anilines is 1. The molecule has 0 radical (unpaired) electrons. The van der Waals surface area contributed by atoms with Crippen molar-refractivity contribution in [2.75, 3.05) is 25.1 Å². The second-order valence-electron chi connectivity index (χ2n) is 5.50. The molecule has 1 fully saturated rings. The van der Waals surface area contributed by atoms with E-state index in [1.807, 2.05) is 19.1 Å². The number of pyridine rings is 1. The summed E-state index contributed by atoms with van der Waals surface area (Å²) in [5.74, 6) is 1.96. The van der Waals surface area contributed by atoms with Gasteiger partial charge in [0.25, 0.3) is 0 Å². The number of hydrogen-bond acceptors (Lipinski definition) is 5. The topological polar surface area (TPSA) is 79.9 Å². The zero-order valence-electron chi connectivity index (χ0n) is 12.6. The highest BCUT2D eigenvalue weighted by molar-refractivity contribution is 5.37. The quantitative estimate of drug-likeness (QED) is 0.877. The van der Waals surface area contributed by atoms with Crippen LogP contribution in [-0.4, -0.2) is 34.7 Å². The van der Waals surface area contributed by atoms with E-state index in [4.69, 9.17) is 4.74 Å². The highest BCUT2D eigenvalue weighted by atomic mass is 16.5. The number of hydrogen-bond donors (Lipinski definition) is 2. The summed E-state index contributed by atoms with van der Waals surface area (Å²) in [7, 11) is 0. The van der Waals surface area contributed by atoms with Crippen LogP contribution in [-0.2, 0) is 11.2 Å². The van der Waals surface area contributed by atoms with Crippen molar-refractivity contribution < 1.29 is 4.74 Å². The number of aromatic amines is 1. The molecule has 0 aliphatic carbocycles. The van der Waals surface area contributed by atoms with E-state index in [-0.39, 0.29) is 5.56 Å². The standard InChI is InChI=1S/C16H20N4O2/c1-11-18-14(12-6-8-22-10-12)9-15(19-11)17-7-5-13-3-2-4-16(21)20-13/h2-4,9,12H,5-8,10H2,1H3,(H,20,21)(H,17,18,19). The fourth-order valence-corrected chi connectivity index (χ4v) is 2.62. The predicted octanol–water partition coefficient (Wildman–Crippen LogP) is 1.63. The third-order valence-corrected chi connectivity index (χ3v) is 3.73. The van der Waals surface area contributed by atoms with Crippen molar-refractivity contribution in [2.45, 2.75) is 25.7 Å². The maximum Gasteiger partial charge on any atom is 0.248 e. The van der Waals surface area contributed by atoms with Crippen LogP contribution in [0.4, 0.5) is 5.82 Å². The van der Waals surface area contributed by atoms with Crippen LogP contribution >= 0.6 is 0 Å². The summed E-state index contributed by atoms with van der Waals surface area (Å²) in [6, 6.07) is 7.19. The van der Waals surface area contributed by atoms with Crippen LogP contribution in [0.3, 0.4) is 0 Å². The van der Waals surface area contributed by atoms with Gasteiger partial charge in [0.15, 0.2) is 0 Å². The van der Waals surface area contributed by atoms with E-state index in [0.717, 1.165) is 49.1 Å². The lowest BCUT2D eigenvalue weighted by Crippen LogP contribution is -2.13. The summed E-state index contributed by atoms with van der Waals surface area (Å²) < 4.78 is 5.43. The molecule has 1 saturated heterocycles. The molecule has 2 N–H and O–H groups in total. The molecular weight excluding hydrogens is 280 g/mol. The Morgan fingerprint density at radius 2 is 2.32 bits per heavy atom. The minimum atomic E-state index is -0.0705. The van der Waals surface area contributed by atoms with Crippen molar-refractivity contribution in [3.63, 3.8) is 0 Å². The van der Waals surface area contributed by atoms with Gasteiger partial charge in [0, 0.05) is 43.3 Å². The summed E-state index contributed by atoms with van der Waals surface area (Å²) >= 11 is 0. The molecular formula is C16H20N4O2. The fourth-order valence-electron chi connectivity index (χ4n) is 2.62. The number of aromatic nitrogens is 3. The molecule has 0 aromatic carbocycles. The van der Waals surface area contributed by atoms with E-state index in [1.165, 1.54) is 6.07 Å². The minimum Gasteiger partial charge on any atom is -0.381 e. The van der Waals surface area contributed by atoms with Crippen LogP contribution in [0.25, 0.3) is 0 Å². The number of nitrogens with one attached hydrogen (secondary N) is 2. The molecule has 0 saturated carbocycles. The molecule has 0 bridgehead atoms. The Morgan fingerprint density at radius 1 is 1.41 bits per heavy atom. The molecule has 3 heterocycles. The van der Waals surface area contributed by atoms with E-state index >= 15 is 0 Å². The van der Waals surface area contributed by atoms with Crippen LogP contribution in [0, 0.1) is 6.92 Å². The maximum atomic E-state index is 11.3. The molecule has 2 aromatic rings. The van der Waals surface area contributed by atoms with Crippen molar-refractivity contribution in [3.8, 4) is 0 Å². The second kappa shape index (κ2) is 6.70. The minimum absolute atomic E-state index is 0.0705. The third kappa shape index (κ3) is 3.71. The molecule has 6 heteroatoms. The monoisotopic (exact) mass is 300 g/mol. The average Bonchev–Trinajstić information content (AvgIpc) is 3.01. The van der Waals surface area contributed by atoms with Gasteiger partial charge < -0.3 is 15.0 Å². The zero-order valence-corrected chi connectivity index (χ0v) is 12.6. The largest absolute Gasteiger partial charge is 0.381 e. The summed E-state index contributed by atoms with van der Waals surface area (Å²) in [5, 5.41) is 3.30. The molecule has 1 atom stereocenters. The number of ether oxygens (including phenoxy) is 1. The lowest BCUT2D eigenvalue weighted by molar-refractivity contribution is 0.193. The molecule has 6 nitrogen and oxygen atoms in total. The van der Waals surface area contributed by atoms with Crippen molar-refractivity contribution in [1.29, 1.82) is 0 Å². The molecule has 22 heavy (non-hydrogen) atoms. The highest BCUT2D eigenvalue weighted by Crippen LogP contribution is 2.24. The highest BCUT2D eigenvalue weighted by Gasteiger charge is 2.20. The van der Waals surface area contributed by atoms with Gasteiger partial charge in [-0.25, -0.2) is 9.97 Å². The van der Waals surface area contributed by atoms with Gasteiger partial charge in [-0.3, -0.25) is 4.79 Å². The van der Waals surface area contributed by atoms with E-state index in [9.17, 15) is 4.79 Å². The summed E-state index contributed by atoms with van der Waals surface area (Å²) in [4.78, 5) is 23.0. The van der Waals surface area contributed by atoms with Gasteiger partial charge in [-0.2, -0.15) is 0 Å². The van der Waals surface area contributed by atoms with Crippen molar-refractivity contribution in [1.82, 2.24) is 15.0 Å². The SMILES string of the molecule is Cc1nc(NCCc2cccc(=O)[nH]2)cc(C2CCOC2)n1. The molecule has 3 rings (SSSR count). The lowest BCUT2D eigenvalue weighted by Gasteiger charge is -2.11. The van der Waals surface area contributed by atoms with Gasteiger partial charge in [-0.15, -0.1) is 0 Å². The van der Waals surface area contributed by atoms with Gasteiger partial charge in [0.1, 0.15) is 11.6 Å². The van der Waals surface area contributed by atoms with Crippen molar-refractivity contribution >= 4 is 5.82 Å². The maximum absolute atomic E-state index is 11.3. The van der Waals surface area contributed by atoms with Crippen LogP contribution < -0.4 is 10.9 Å². The van der Waals surface area contributed by atoms with Gasteiger partial charge in [-0.1, -0.05) is 6.07 Å². The molecule has 1 aliphatic heterocycles. The Hall–Kier alpha value is -2.21. The third-order valence-electron chi connectivity index (χ3n) is 3.73. The van der Waals surface area contributed by atoms with Crippen molar-refractivity contribution in [2.24, 2.45) is 0 Å². The van der Waals surface area contributed by atoms with Gasteiger partial charge in [-0.05, 0) is 19.4 Å². The first-order valence-electron chi connectivity index (χ1n) is 7.56. The number of aryl methyl sites for hydroxylation is 1.